The molecule has 0 aromatic heterocycles. The predicted molar refractivity (Wildman–Crippen MR) is 212 cm³/mol. The van der Waals surface area contributed by atoms with Gasteiger partial charge in [-0.05, 0) is 99.9 Å². The van der Waals surface area contributed by atoms with Gasteiger partial charge in [0.15, 0.2) is 0 Å². The largest absolute Gasteiger partial charge is 0.460 e. The normalized spacial score (nSPS) is 10.9. The summed E-state index contributed by atoms with van der Waals surface area (Å²) < 4.78 is 36.2. The Morgan fingerprint density at radius 2 is 0.964 bits per heavy atom. The number of nitrogens with one attached hydrogen (secondary N) is 2. The van der Waals surface area contributed by atoms with Crippen molar-refractivity contribution in [1.29, 1.82) is 0 Å². The molecular weight excluding hydrogens is 739 g/mol. The summed E-state index contributed by atoms with van der Waals surface area (Å²) in [6.07, 6.45) is -1.58. The van der Waals surface area contributed by atoms with Crippen LogP contribution in [0.4, 0.5) is 9.59 Å². The Bertz CT molecular complexity index is 1990. The molecule has 56 heavy (non-hydrogen) atoms. The van der Waals surface area contributed by atoms with E-state index in [1.807, 2.05) is 0 Å². The zero-order valence-corrected chi connectivity index (χ0v) is 34.0. The third-order valence-electron chi connectivity index (χ3n) is 8.98. The monoisotopic (exact) mass is 788 g/mol. The van der Waals surface area contributed by atoms with Gasteiger partial charge in [-0.15, -0.1) is 0 Å². The average Bonchev–Trinajstić information content (AvgIpc) is 3.14. The number of carbonyl (C=O) groups is 6. The number of benzene rings is 3. The van der Waals surface area contributed by atoms with Gasteiger partial charge in [0, 0.05) is 27.6 Å². The van der Waals surface area contributed by atoms with Crippen molar-refractivity contribution in [3.8, 4) is 0 Å². The Balaban J connectivity index is 1.95. The third-order valence-corrected chi connectivity index (χ3v) is 11.6. The van der Waals surface area contributed by atoms with Gasteiger partial charge < -0.3 is 34.1 Å². The second-order valence-electron chi connectivity index (χ2n) is 13.4. The molecule has 14 heteroatoms. The molecule has 13 nitrogen and oxygen atoms in total. The number of hydrogen-bond acceptors (Lipinski definition) is 11. The van der Waals surface area contributed by atoms with E-state index in [1.165, 1.54) is 26.0 Å². The molecule has 0 saturated carbocycles. The minimum atomic E-state index is -4.63. The Kier molecular flexibility index (Phi) is 15.7. The molecule has 0 aliphatic carbocycles. The molecule has 0 saturated heterocycles. The van der Waals surface area contributed by atoms with E-state index in [4.69, 9.17) is 18.9 Å². The second-order valence-corrected chi connectivity index (χ2v) is 15.9. The molecular formula is C42H49N2O11P. The topological polar surface area (TPSA) is 180 Å². The molecule has 0 atom stereocenters. The Hall–Kier alpha value is -5.81. The van der Waals surface area contributed by atoms with Gasteiger partial charge in [0.05, 0.1) is 13.1 Å². The van der Waals surface area contributed by atoms with Gasteiger partial charge in [0.25, 0.3) is 0 Å². The van der Waals surface area contributed by atoms with Crippen LogP contribution >= 0.6 is 7.14 Å². The van der Waals surface area contributed by atoms with Crippen LogP contribution in [0.25, 0.3) is 0 Å². The molecule has 3 aromatic rings. The number of rotatable bonds is 17. The van der Waals surface area contributed by atoms with Crippen molar-refractivity contribution in [1.82, 2.24) is 10.6 Å². The molecule has 0 heterocycles. The van der Waals surface area contributed by atoms with Gasteiger partial charge in [-0.25, -0.2) is 19.2 Å². The van der Waals surface area contributed by atoms with Crippen LogP contribution in [-0.4, -0.2) is 61.5 Å². The second kappa shape index (κ2) is 19.7. The number of esters is 2. The van der Waals surface area contributed by atoms with Crippen molar-refractivity contribution < 1.29 is 52.3 Å². The first-order chi connectivity index (χ1) is 26.3. The van der Waals surface area contributed by atoms with E-state index in [-0.39, 0.29) is 67.1 Å². The standard InChI is InChI=1S/C42H49N2O11P/c1-24(2)37(45)52-18-16-43-41(49)54-22-33-26(5)20-28(7)35(30(33)9)39(47)56(51,32-14-12-11-13-15-32)40(48)36-29(8)21-27(6)34(31(36)10)23-55-42(50)44-17-19-53-38(46)25(3)4/h11-15,20-21H,1,3,16-19,22-23H2,2,4-10H3,(H,43,49)(H,44,50). The fraction of sp³-hybridized carbons (Fsp3) is 0.333. The van der Waals surface area contributed by atoms with Gasteiger partial charge in [0.2, 0.25) is 18.2 Å². The first-order valence-electron chi connectivity index (χ1n) is 17.7. The molecule has 3 rings (SSSR count). The highest BCUT2D eigenvalue weighted by atomic mass is 31.2. The van der Waals surface area contributed by atoms with Crippen molar-refractivity contribution in [2.45, 2.75) is 68.6 Å². The van der Waals surface area contributed by atoms with Gasteiger partial charge >= 0.3 is 24.1 Å². The number of amides is 2. The van der Waals surface area contributed by atoms with Crippen molar-refractivity contribution in [2.24, 2.45) is 0 Å². The van der Waals surface area contributed by atoms with Crippen LogP contribution in [0.1, 0.15) is 79.1 Å². The van der Waals surface area contributed by atoms with Crippen LogP contribution in [0.2, 0.25) is 0 Å². The van der Waals surface area contributed by atoms with Gasteiger partial charge in [0.1, 0.15) is 26.4 Å². The summed E-state index contributed by atoms with van der Waals surface area (Å²) in [5, 5.41) is 5.03. The van der Waals surface area contributed by atoms with Crippen LogP contribution in [0.5, 0.6) is 0 Å². The predicted octanol–water partition coefficient (Wildman–Crippen LogP) is 6.90. The summed E-state index contributed by atoms with van der Waals surface area (Å²) in [6.45, 7) is 19.5. The fourth-order valence-electron chi connectivity index (χ4n) is 6.05. The average molecular weight is 789 g/mol. The smallest absolute Gasteiger partial charge is 0.407 e. The minimum absolute atomic E-state index is 0.0104. The molecule has 0 fully saturated rings. The number of aryl methyl sites for hydroxylation is 4. The lowest BCUT2D eigenvalue weighted by atomic mass is 9.94. The van der Waals surface area contributed by atoms with E-state index in [9.17, 15) is 28.8 Å². The highest BCUT2D eigenvalue weighted by molar-refractivity contribution is 8.01. The van der Waals surface area contributed by atoms with Gasteiger partial charge in [-0.1, -0.05) is 55.6 Å². The van der Waals surface area contributed by atoms with E-state index in [0.717, 1.165) is 0 Å². The molecule has 0 spiro atoms. The van der Waals surface area contributed by atoms with E-state index in [2.05, 4.69) is 23.8 Å². The molecule has 0 aliphatic heterocycles. The maximum absolute atomic E-state index is 15.5. The summed E-state index contributed by atoms with van der Waals surface area (Å²) in [4.78, 5) is 77.8. The van der Waals surface area contributed by atoms with Crippen molar-refractivity contribution >= 4 is 47.6 Å². The van der Waals surface area contributed by atoms with E-state index in [0.29, 0.717) is 44.5 Å². The van der Waals surface area contributed by atoms with Crippen LogP contribution in [0, 0.1) is 41.5 Å². The SMILES string of the molecule is C=C(C)C(=O)OCCNC(=O)OCc1c(C)cc(C)c(C(=O)P(=O)(C(=O)c2c(C)cc(C)c(COC(=O)NCCOC(=O)C(=C)C)c2C)c2ccccc2)c1C. The van der Waals surface area contributed by atoms with Crippen LogP contribution in [0.15, 0.2) is 66.8 Å². The van der Waals surface area contributed by atoms with Gasteiger partial charge in [-0.3, -0.25) is 9.59 Å². The molecule has 3 aromatic carbocycles. The molecule has 0 unspecified atom stereocenters. The van der Waals surface area contributed by atoms with Crippen LogP contribution in [-0.2, 0) is 46.3 Å². The minimum Gasteiger partial charge on any atom is -0.460 e. The zero-order valence-electron chi connectivity index (χ0n) is 33.1. The molecule has 2 N–H and O–H groups in total. The summed E-state index contributed by atoms with van der Waals surface area (Å²) >= 11 is 0. The number of carbonyl (C=O) groups excluding carboxylic acids is 6. The van der Waals surface area contributed by atoms with Crippen molar-refractivity contribution in [3.05, 3.63) is 122 Å². The van der Waals surface area contributed by atoms with Crippen molar-refractivity contribution in [2.75, 3.05) is 26.3 Å². The summed E-state index contributed by atoms with van der Waals surface area (Å²) in [5.41, 5.74) is 2.96. The van der Waals surface area contributed by atoms with E-state index < -0.39 is 42.3 Å². The lowest BCUT2D eigenvalue weighted by Crippen LogP contribution is -2.29. The molecule has 0 radical (unpaired) electrons. The molecule has 0 aliphatic rings. The third kappa shape index (κ3) is 10.7. The summed E-state index contributed by atoms with van der Waals surface area (Å²) in [5.74, 6) is -1.18. The highest BCUT2D eigenvalue weighted by Crippen LogP contribution is 2.53. The fourth-order valence-corrected chi connectivity index (χ4v) is 8.62. The number of alkyl carbamates (subject to hydrolysis) is 2. The summed E-state index contributed by atoms with van der Waals surface area (Å²) in [6, 6.07) is 11.3. The van der Waals surface area contributed by atoms with Crippen LogP contribution < -0.4 is 15.9 Å². The van der Waals surface area contributed by atoms with E-state index in [1.54, 1.807) is 71.9 Å². The molecule has 0 bridgehead atoms. The Morgan fingerprint density at radius 3 is 1.32 bits per heavy atom. The van der Waals surface area contributed by atoms with E-state index >= 15 is 4.57 Å². The van der Waals surface area contributed by atoms with Crippen molar-refractivity contribution in [3.63, 3.8) is 0 Å². The molecule has 298 valence electrons. The Labute approximate surface area is 327 Å². The zero-order chi connectivity index (χ0) is 41.9. The molecule has 2 amide bonds. The first-order valence-corrected chi connectivity index (χ1v) is 19.4. The van der Waals surface area contributed by atoms with Crippen LogP contribution in [0.3, 0.4) is 0 Å². The lowest BCUT2D eigenvalue weighted by molar-refractivity contribution is -0.139. The first kappa shape index (κ1) is 44.6. The lowest BCUT2D eigenvalue weighted by Gasteiger charge is -2.24. The summed E-state index contributed by atoms with van der Waals surface area (Å²) in [7, 11) is -4.63. The Morgan fingerprint density at radius 1 is 0.589 bits per heavy atom. The quantitative estimate of drug-likeness (QED) is 0.0478. The van der Waals surface area contributed by atoms with Gasteiger partial charge in [-0.2, -0.15) is 0 Å². The highest BCUT2D eigenvalue weighted by Gasteiger charge is 2.45. The maximum atomic E-state index is 15.5. The maximum Gasteiger partial charge on any atom is 0.407 e. The number of ether oxygens (including phenoxy) is 4. The number of hydrogen-bond donors (Lipinski definition) is 2.